The minimum atomic E-state index is 0.815. The number of benzene rings is 1. The quantitative estimate of drug-likeness (QED) is 0.756. The van der Waals surface area contributed by atoms with Crippen molar-refractivity contribution in [2.75, 3.05) is 40.4 Å². The molecule has 2 N–H and O–H groups in total. The van der Waals surface area contributed by atoms with Gasteiger partial charge in [0.25, 0.3) is 0 Å². The summed E-state index contributed by atoms with van der Waals surface area (Å²) in [7, 11) is 3.40. The van der Waals surface area contributed by atoms with Gasteiger partial charge >= 0.3 is 0 Å². The summed E-state index contributed by atoms with van der Waals surface area (Å²) in [6.07, 6.45) is 3.82. The van der Waals surface area contributed by atoms with Crippen molar-refractivity contribution in [3.8, 4) is 11.5 Å². The zero-order valence-electron chi connectivity index (χ0n) is 14.5. The average molecular weight is 329 g/mol. The second-order valence-electron chi connectivity index (χ2n) is 6.37. The third-order valence-corrected chi connectivity index (χ3v) is 4.77. The van der Waals surface area contributed by atoms with Crippen molar-refractivity contribution >= 4 is 0 Å². The van der Waals surface area contributed by atoms with E-state index in [1.165, 1.54) is 37.3 Å². The number of rotatable bonds is 6. The molecule has 0 amide bonds. The van der Waals surface area contributed by atoms with E-state index in [0.29, 0.717) is 0 Å². The van der Waals surface area contributed by atoms with Gasteiger partial charge in [0.15, 0.2) is 11.5 Å². The van der Waals surface area contributed by atoms with Crippen molar-refractivity contribution in [2.45, 2.75) is 13.1 Å². The summed E-state index contributed by atoms with van der Waals surface area (Å²) in [5.41, 5.74) is 2.55. The van der Waals surface area contributed by atoms with Crippen LogP contribution >= 0.6 is 0 Å². The summed E-state index contributed by atoms with van der Waals surface area (Å²) in [6.45, 7) is 6.79. The van der Waals surface area contributed by atoms with Crippen LogP contribution in [-0.4, -0.2) is 45.4 Å². The van der Waals surface area contributed by atoms with Gasteiger partial charge in [-0.2, -0.15) is 0 Å². The van der Waals surface area contributed by atoms with Crippen molar-refractivity contribution in [3.63, 3.8) is 0 Å². The molecule has 1 saturated heterocycles. The van der Waals surface area contributed by atoms with E-state index in [2.05, 4.69) is 17.1 Å². The molecule has 5 heteroatoms. The largest absolute Gasteiger partial charge is 0.493 e. The predicted molar refractivity (Wildman–Crippen MR) is 92.6 cm³/mol. The van der Waals surface area contributed by atoms with Gasteiger partial charge < -0.3 is 19.3 Å². The highest BCUT2D eigenvalue weighted by Crippen LogP contribution is 2.29. The SMILES string of the molecule is COc1cccc(C[NH+]2CC[NH+](Cc3cccnc3)CC2)c1OC. The molecule has 0 atom stereocenters. The summed E-state index contributed by atoms with van der Waals surface area (Å²) in [6, 6.07) is 10.3. The number of hydrogen-bond donors (Lipinski definition) is 2. The van der Waals surface area contributed by atoms with E-state index in [1.54, 1.807) is 24.0 Å². The molecule has 0 unspecified atom stereocenters. The highest BCUT2D eigenvalue weighted by molar-refractivity contribution is 5.46. The van der Waals surface area contributed by atoms with Gasteiger partial charge in [-0.15, -0.1) is 0 Å². The van der Waals surface area contributed by atoms with Crippen LogP contribution in [0.1, 0.15) is 11.1 Å². The molecule has 1 aromatic heterocycles. The number of methoxy groups -OCH3 is 2. The molecule has 1 aliphatic heterocycles. The minimum absolute atomic E-state index is 0.815. The Labute approximate surface area is 143 Å². The molecule has 1 aliphatic rings. The number of quaternary nitrogens is 2. The number of aromatic nitrogens is 1. The fourth-order valence-corrected chi connectivity index (χ4v) is 3.46. The topological polar surface area (TPSA) is 40.2 Å². The van der Waals surface area contributed by atoms with Gasteiger partial charge in [0.1, 0.15) is 39.3 Å². The van der Waals surface area contributed by atoms with Crippen LogP contribution in [0.15, 0.2) is 42.7 Å². The van der Waals surface area contributed by atoms with E-state index >= 15 is 0 Å². The van der Waals surface area contributed by atoms with Crippen LogP contribution in [-0.2, 0) is 13.1 Å². The van der Waals surface area contributed by atoms with Crippen LogP contribution in [0.2, 0.25) is 0 Å². The van der Waals surface area contributed by atoms with Gasteiger partial charge in [0.05, 0.1) is 19.8 Å². The van der Waals surface area contributed by atoms with E-state index < -0.39 is 0 Å². The van der Waals surface area contributed by atoms with E-state index in [1.807, 2.05) is 30.6 Å². The van der Waals surface area contributed by atoms with Gasteiger partial charge in [-0.05, 0) is 18.2 Å². The van der Waals surface area contributed by atoms with Crippen molar-refractivity contribution < 1.29 is 19.3 Å². The maximum absolute atomic E-state index is 5.56. The summed E-state index contributed by atoms with van der Waals surface area (Å²) >= 11 is 0. The Morgan fingerprint density at radius 1 is 0.917 bits per heavy atom. The lowest BCUT2D eigenvalue weighted by molar-refractivity contribution is -1.02. The highest BCUT2D eigenvalue weighted by atomic mass is 16.5. The second kappa shape index (κ2) is 8.13. The minimum Gasteiger partial charge on any atom is -0.493 e. The zero-order valence-corrected chi connectivity index (χ0v) is 14.5. The molecule has 3 rings (SSSR count). The fourth-order valence-electron chi connectivity index (χ4n) is 3.46. The first-order valence-corrected chi connectivity index (χ1v) is 8.56. The summed E-state index contributed by atoms with van der Waals surface area (Å²) in [5, 5.41) is 0. The van der Waals surface area contributed by atoms with Crippen LogP contribution in [0.3, 0.4) is 0 Å². The summed E-state index contributed by atoms with van der Waals surface area (Å²) in [5.74, 6) is 1.69. The Hall–Kier alpha value is -2.11. The lowest BCUT2D eigenvalue weighted by Crippen LogP contribution is -3.27. The van der Waals surface area contributed by atoms with E-state index in [9.17, 15) is 0 Å². The predicted octanol–water partition coefficient (Wildman–Crippen LogP) is -0.418. The van der Waals surface area contributed by atoms with Crippen molar-refractivity contribution in [3.05, 3.63) is 53.9 Å². The van der Waals surface area contributed by atoms with Gasteiger partial charge in [-0.3, -0.25) is 4.98 Å². The van der Waals surface area contributed by atoms with E-state index in [0.717, 1.165) is 24.6 Å². The van der Waals surface area contributed by atoms with Crippen molar-refractivity contribution in [1.82, 2.24) is 4.98 Å². The monoisotopic (exact) mass is 329 g/mol. The molecule has 0 radical (unpaired) electrons. The summed E-state index contributed by atoms with van der Waals surface area (Å²) < 4.78 is 11.0. The average Bonchev–Trinajstić information content (AvgIpc) is 2.64. The van der Waals surface area contributed by atoms with Crippen LogP contribution in [0.5, 0.6) is 11.5 Å². The molecule has 0 bridgehead atoms. The van der Waals surface area contributed by atoms with Gasteiger partial charge in [0, 0.05) is 18.0 Å². The molecular weight excluding hydrogens is 302 g/mol. The molecule has 0 spiro atoms. The number of nitrogens with one attached hydrogen (secondary N) is 2. The molecule has 1 aromatic carbocycles. The molecule has 0 aliphatic carbocycles. The molecule has 128 valence electrons. The van der Waals surface area contributed by atoms with Crippen LogP contribution in [0.25, 0.3) is 0 Å². The molecule has 2 heterocycles. The first-order valence-electron chi connectivity index (χ1n) is 8.56. The van der Waals surface area contributed by atoms with Crippen LogP contribution < -0.4 is 19.3 Å². The molecule has 2 aromatic rings. The Kier molecular flexibility index (Phi) is 5.67. The molecule has 24 heavy (non-hydrogen) atoms. The molecule has 0 saturated carbocycles. The Morgan fingerprint density at radius 2 is 1.67 bits per heavy atom. The molecule has 1 fully saturated rings. The van der Waals surface area contributed by atoms with Crippen LogP contribution in [0, 0.1) is 0 Å². The maximum atomic E-state index is 5.56. The van der Waals surface area contributed by atoms with Gasteiger partial charge in [-0.25, -0.2) is 0 Å². The normalized spacial score (nSPS) is 20.6. The second-order valence-corrected chi connectivity index (χ2v) is 6.37. The first-order chi connectivity index (χ1) is 11.8. The number of pyridine rings is 1. The highest BCUT2D eigenvalue weighted by Gasteiger charge is 2.24. The first kappa shape index (κ1) is 16.7. The Balaban J connectivity index is 1.56. The van der Waals surface area contributed by atoms with Gasteiger partial charge in [-0.1, -0.05) is 12.1 Å². The van der Waals surface area contributed by atoms with Gasteiger partial charge in [0.2, 0.25) is 0 Å². The smallest absolute Gasteiger partial charge is 0.169 e. The zero-order chi connectivity index (χ0) is 16.8. The fraction of sp³-hybridized carbons (Fsp3) is 0.421. The lowest BCUT2D eigenvalue weighted by atomic mass is 10.1. The number of hydrogen-bond acceptors (Lipinski definition) is 3. The van der Waals surface area contributed by atoms with Crippen LogP contribution in [0.4, 0.5) is 0 Å². The summed E-state index contributed by atoms with van der Waals surface area (Å²) in [4.78, 5) is 7.46. The number of piperazine rings is 1. The standard InChI is InChI=1S/C19H25N3O2/c1-23-18-7-3-6-17(19(18)24-2)15-22-11-9-21(10-12-22)14-16-5-4-8-20-13-16/h3-8,13H,9-12,14-15H2,1-2H3/p+2. The Morgan fingerprint density at radius 3 is 2.29 bits per heavy atom. The van der Waals surface area contributed by atoms with Crippen molar-refractivity contribution in [2.24, 2.45) is 0 Å². The van der Waals surface area contributed by atoms with E-state index in [-0.39, 0.29) is 0 Å². The van der Waals surface area contributed by atoms with E-state index in [4.69, 9.17) is 9.47 Å². The molecule has 5 nitrogen and oxygen atoms in total. The number of para-hydroxylation sites is 1. The lowest BCUT2D eigenvalue weighted by Gasteiger charge is -2.30. The van der Waals surface area contributed by atoms with Crippen molar-refractivity contribution in [1.29, 1.82) is 0 Å². The third-order valence-electron chi connectivity index (χ3n) is 4.77. The third kappa shape index (κ3) is 4.04. The number of ether oxygens (including phenoxy) is 2. The number of nitrogens with zero attached hydrogens (tertiary/aromatic N) is 1. The molecular formula is C19H27N3O2+2. The maximum Gasteiger partial charge on any atom is 0.169 e. The Bertz CT molecular complexity index is 640.